The fraction of sp³-hybridized carbons (Fsp3) is 0.600. The fourth-order valence-electron chi connectivity index (χ4n) is 3.05. The predicted molar refractivity (Wildman–Crippen MR) is 73.7 cm³/mol. The average molecular weight is 299 g/mol. The van der Waals surface area contributed by atoms with Gasteiger partial charge in [0.1, 0.15) is 5.82 Å². The number of hydrogen-bond acceptors (Lipinski definition) is 0. The largest absolute Gasteiger partial charge is 0.207 e. The molecule has 0 spiro atoms. The first-order chi connectivity index (χ1) is 8.22. The van der Waals surface area contributed by atoms with Crippen LogP contribution in [-0.2, 0) is 0 Å². The van der Waals surface area contributed by atoms with Gasteiger partial charge in [-0.2, -0.15) is 0 Å². The van der Waals surface area contributed by atoms with E-state index in [4.69, 9.17) is 0 Å². The summed E-state index contributed by atoms with van der Waals surface area (Å²) in [5.74, 6) is 1.25. The predicted octanol–water partition coefficient (Wildman–Crippen LogP) is 5.66. The molecule has 0 bridgehead atoms. The highest BCUT2D eigenvalue weighted by atomic mass is 79.9. The van der Waals surface area contributed by atoms with E-state index in [2.05, 4.69) is 22.9 Å². The third-order valence-corrected chi connectivity index (χ3v) is 4.64. The van der Waals surface area contributed by atoms with Crippen LogP contribution in [0.25, 0.3) is 0 Å². The summed E-state index contributed by atoms with van der Waals surface area (Å²) in [5, 5.41) is 0. The van der Waals surface area contributed by atoms with E-state index in [1.165, 1.54) is 25.7 Å². The van der Waals surface area contributed by atoms with E-state index in [1.807, 2.05) is 6.07 Å². The van der Waals surface area contributed by atoms with Crippen molar-refractivity contribution < 1.29 is 4.39 Å². The molecule has 17 heavy (non-hydrogen) atoms. The van der Waals surface area contributed by atoms with Crippen molar-refractivity contribution in [1.82, 2.24) is 0 Å². The minimum Gasteiger partial charge on any atom is -0.207 e. The molecule has 2 heteroatoms. The summed E-state index contributed by atoms with van der Waals surface area (Å²) >= 11 is 3.49. The maximum absolute atomic E-state index is 13.9. The van der Waals surface area contributed by atoms with Crippen molar-refractivity contribution in [2.24, 2.45) is 5.92 Å². The van der Waals surface area contributed by atoms with Crippen molar-refractivity contribution in [3.8, 4) is 0 Å². The molecule has 1 aromatic rings. The molecule has 2 rings (SSSR count). The van der Waals surface area contributed by atoms with Gasteiger partial charge in [0.05, 0.1) is 0 Å². The Morgan fingerprint density at radius 1 is 1.24 bits per heavy atom. The van der Waals surface area contributed by atoms with Crippen LogP contribution in [0.4, 0.5) is 4.39 Å². The topological polar surface area (TPSA) is 0 Å². The number of halogens is 2. The first kappa shape index (κ1) is 13.1. The van der Waals surface area contributed by atoms with Gasteiger partial charge in [0, 0.05) is 10.0 Å². The van der Waals surface area contributed by atoms with Crippen molar-refractivity contribution >= 4 is 15.9 Å². The fourth-order valence-corrected chi connectivity index (χ4v) is 3.71. The zero-order valence-electron chi connectivity index (χ0n) is 10.4. The minimum atomic E-state index is -0.0432. The molecule has 1 aliphatic carbocycles. The molecule has 0 aromatic heterocycles. The second kappa shape index (κ2) is 5.99. The van der Waals surface area contributed by atoms with E-state index in [1.54, 1.807) is 12.1 Å². The molecule has 0 heterocycles. The lowest BCUT2D eigenvalue weighted by Gasteiger charge is -2.29. The molecule has 0 N–H and O–H groups in total. The lowest BCUT2D eigenvalue weighted by molar-refractivity contribution is 0.304. The smallest absolute Gasteiger partial charge is 0.127 e. The lowest BCUT2D eigenvalue weighted by atomic mass is 9.77. The molecule has 0 saturated heterocycles. The first-order valence-corrected chi connectivity index (χ1v) is 7.45. The Morgan fingerprint density at radius 3 is 2.53 bits per heavy atom. The zero-order chi connectivity index (χ0) is 12.3. The van der Waals surface area contributed by atoms with Crippen LogP contribution in [0, 0.1) is 11.7 Å². The van der Waals surface area contributed by atoms with Crippen LogP contribution >= 0.6 is 15.9 Å². The molecule has 0 aliphatic heterocycles. The Kier molecular flexibility index (Phi) is 4.61. The van der Waals surface area contributed by atoms with Crippen molar-refractivity contribution in [2.75, 3.05) is 0 Å². The quantitative estimate of drug-likeness (QED) is 0.675. The van der Waals surface area contributed by atoms with E-state index < -0.39 is 0 Å². The van der Waals surface area contributed by atoms with Gasteiger partial charge in [-0.15, -0.1) is 0 Å². The van der Waals surface area contributed by atoms with Gasteiger partial charge in [0.2, 0.25) is 0 Å². The van der Waals surface area contributed by atoms with Gasteiger partial charge < -0.3 is 0 Å². The summed E-state index contributed by atoms with van der Waals surface area (Å²) in [6.45, 7) is 2.25. The van der Waals surface area contributed by atoms with Gasteiger partial charge in [-0.1, -0.05) is 41.8 Å². The van der Waals surface area contributed by atoms with Gasteiger partial charge in [-0.25, -0.2) is 4.39 Å². The zero-order valence-corrected chi connectivity index (χ0v) is 12.0. The Labute approximate surface area is 112 Å². The van der Waals surface area contributed by atoms with Crippen molar-refractivity contribution in [3.05, 3.63) is 34.1 Å². The van der Waals surface area contributed by atoms with Crippen LogP contribution in [0.2, 0.25) is 0 Å². The summed E-state index contributed by atoms with van der Waals surface area (Å²) in [4.78, 5) is 0. The normalized spacial score (nSPS) is 24.9. The summed E-state index contributed by atoms with van der Waals surface area (Å²) in [5.41, 5.74) is 0.905. The van der Waals surface area contributed by atoms with Crippen LogP contribution in [-0.4, -0.2) is 0 Å². The molecule has 1 aliphatic rings. The van der Waals surface area contributed by atoms with E-state index in [0.29, 0.717) is 5.92 Å². The molecular formula is C15H20BrF. The van der Waals surface area contributed by atoms with Crippen LogP contribution in [0.5, 0.6) is 0 Å². The Hall–Kier alpha value is -0.370. The van der Waals surface area contributed by atoms with E-state index in [-0.39, 0.29) is 5.82 Å². The third kappa shape index (κ3) is 3.09. The summed E-state index contributed by atoms with van der Waals surface area (Å²) in [7, 11) is 0. The average Bonchev–Trinajstić information content (AvgIpc) is 2.31. The Bertz CT molecular complexity index is 347. The van der Waals surface area contributed by atoms with Crippen LogP contribution in [0.3, 0.4) is 0 Å². The Morgan fingerprint density at radius 2 is 1.94 bits per heavy atom. The molecular weight excluding hydrogens is 279 g/mol. The molecule has 1 fully saturated rings. The summed E-state index contributed by atoms with van der Waals surface area (Å²) in [6, 6.07) is 5.31. The number of benzene rings is 1. The molecule has 0 atom stereocenters. The molecule has 0 amide bonds. The lowest BCUT2D eigenvalue weighted by Crippen LogP contribution is -2.14. The molecule has 1 saturated carbocycles. The van der Waals surface area contributed by atoms with E-state index in [0.717, 1.165) is 28.8 Å². The molecule has 1 aromatic carbocycles. The van der Waals surface area contributed by atoms with Gasteiger partial charge in [0.25, 0.3) is 0 Å². The highest BCUT2D eigenvalue weighted by Crippen LogP contribution is 2.40. The highest BCUT2D eigenvalue weighted by Gasteiger charge is 2.25. The van der Waals surface area contributed by atoms with Crippen LogP contribution < -0.4 is 0 Å². The Balaban J connectivity index is 2.05. The van der Waals surface area contributed by atoms with Crippen molar-refractivity contribution in [1.29, 1.82) is 0 Å². The van der Waals surface area contributed by atoms with Gasteiger partial charge in [-0.05, 0) is 49.7 Å². The van der Waals surface area contributed by atoms with Crippen molar-refractivity contribution in [2.45, 2.75) is 51.4 Å². The van der Waals surface area contributed by atoms with Gasteiger partial charge >= 0.3 is 0 Å². The highest BCUT2D eigenvalue weighted by molar-refractivity contribution is 9.10. The van der Waals surface area contributed by atoms with Gasteiger partial charge in [-0.3, -0.25) is 0 Å². The minimum absolute atomic E-state index is 0.0432. The van der Waals surface area contributed by atoms with Gasteiger partial charge in [0.15, 0.2) is 0 Å². The van der Waals surface area contributed by atoms with E-state index in [9.17, 15) is 4.39 Å². The standard InChI is InChI=1S/C15H20BrF/c1-2-4-11-7-9-12(10-8-11)15-13(16)5-3-6-14(15)17/h3,5-6,11-12H,2,4,7-10H2,1H3. The molecule has 0 nitrogen and oxygen atoms in total. The molecule has 0 unspecified atom stereocenters. The van der Waals surface area contributed by atoms with E-state index >= 15 is 0 Å². The van der Waals surface area contributed by atoms with Crippen LogP contribution in [0.1, 0.15) is 56.9 Å². The summed E-state index contributed by atoms with van der Waals surface area (Å²) < 4.78 is 14.8. The molecule has 0 radical (unpaired) electrons. The van der Waals surface area contributed by atoms with Crippen LogP contribution in [0.15, 0.2) is 22.7 Å². The third-order valence-electron chi connectivity index (χ3n) is 3.95. The first-order valence-electron chi connectivity index (χ1n) is 6.66. The summed E-state index contributed by atoms with van der Waals surface area (Å²) in [6.07, 6.45) is 7.43. The van der Waals surface area contributed by atoms with Crippen molar-refractivity contribution in [3.63, 3.8) is 0 Å². The maximum atomic E-state index is 13.9. The second-order valence-corrected chi connectivity index (χ2v) is 6.00. The number of hydrogen-bond donors (Lipinski definition) is 0. The maximum Gasteiger partial charge on any atom is 0.127 e. The monoisotopic (exact) mass is 298 g/mol. The second-order valence-electron chi connectivity index (χ2n) is 5.14. The number of rotatable bonds is 3. The molecule has 94 valence electrons. The SMILES string of the molecule is CCCC1CCC(c2c(F)cccc2Br)CC1.